The van der Waals surface area contributed by atoms with Crippen molar-refractivity contribution in [1.82, 2.24) is 0 Å². The summed E-state index contributed by atoms with van der Waals surface area (Å²) in [5.41, 5.74) is 3.16. The van der Waals surface area contributed by atoms with Gasteiger partial charge in [-0.2, -0.15) is 0 Å². The zero-order valence-corrected chi connectivity index (χ0v) is 13.8. The molecular formula is C17H19Cl2NO. The smallest absolute Gasteiger partial charge is 0.137 e. The summed E-state index contributed by atoms with van der Waals surface area (Å²) in [6, 6.07) is 11.8. The molecule has 0 aliphatic carbocycles. The first-order valence-electron chi connectivity index (χ1n) is 7.01. The van der Waals surface area contributed by atoms with Crippen LogP contribution in [0.1, 0.15) is 24.5 Å². The summed E-state index contributed by atoms with van der Waals surface area (Å²) in [4.78, 5) is 0. The van der Waals surface area contributed by atoms with Crippen LogP contribution in [0, 0.1) is 6.92 Å². The molecule has 0 radical (unpaired) electrons. The maximum atomic E-state index is 6.22. The van der Waals surface area contributed by atoms with Crippen molar-refractivity contribution in [3.63, 3.8) is 0 Å². The molecule has 2 rings (SSSR count). The Morgan fingerprint density at radius 3 is 2.52 bits per heavy atom. The van der Waals surface area contributed by atoms with E-state index in [1.807, 2.05) is 43.3 Å². The normalized spacial score (nSPS) is 10.5. The van der Waals surface area contributed by atoms with E-state index in [2.05, 4.69) is 12.2 Å². The van der Waals surface area contributed by atoms with Crippen LogP contribution in [0.25, 0.3) is 0 Å². The number of hydrogen-bond acceptors (Lipinski definition) is 2. The van der Waals surface area contributed by atoms with Gasteiger partial charge in [-0.1, -0.05) is 42.3 Å². The van der Waals surface area contributed by atoms with Gasteiger partial charge in [0, 0.05) is 17.3 Å². The van der Waals surface area contributed by atoms with Crippen LogP contribution in [0.4, 0.5) is 5.69 Å². The van der Waals surface area contributed by atoms with Crippen LogP contribution in [0.3, 0.4) is 0 Å². The van der Waals surface area contributed by atoms with Gasteiger partial charge >= 0.3 is 0 Å². The minimum atomic E-state index is 0.643. The fourth-order valence-corrected chi connectivity index (χ4v) is 2.33. The molecule has 112 valence electrons. The molecule has 0 unspecified atom stereocenters. The number of aryl methyl sites for hydroxylation is 1. The van der Waals surface area contributed by atoms with Gasteiger partial charge in [0.25, 0.3) is 0 Å². The van der Waals surface area contributed by atoms with Gasteiger partial charge in [0.15, 0.2) is 0 Å². The molecule has 2 nitrogen and oxygen atoms in total. The van der Waals surface area contributed by atoms with E-state index in [4.69, 9.17) is 27.9 Å². The Morgan fingerprint density at radius 2 is 1.86 bits per heavy atom. The van der Waals surface area contributed by atoms with E-state index < -0.39 is 0 Å². The monoisotopic (exact) mass is 323 g/mol. The highest BCUT2D eigenvalue weighted by atomic mass is 35.5. The quantitative estimate of drug-likeness (QED) is 0.735. The molecule has 0 amide bonds. The van der Waals surface area contributed by atoms with E-state index in [9.17, 15) is 0 Å². The van der Waals surface area contributed by atoms with Crippen molar-refractivity contribution in [3.05, 3.63) is 57.6 Å². The molecule has 0 atom stereocenters. The van der Waals surface area contributed by atoms with Crippen LogP contribution in [0.2, 0.25) is 10.0 Å². The van der Waals surface area contributed by atoms with E-state index in [-0.39, 0.29) is 0 Å². The fourth-order valence-electron chi connectivity index (χ4n) is 1.89. The van der Waals surface area contributed by atoms with Crippen molar-refractivity contribution < 1.29 is 4.74 Å². The first-order valence-corrected chi connectivity index (χ1v) is 7.77. The Hall–Kier alpha value is -1.38. The minimum Gasteiger partial charge on any atom is -0.492 e. The standard InChI is InChI=1S/C17H19Cl2NO/c1-3-8-21-17-7-5-13(9-16(17)19)11-20-14-6-4-12(2)15(18)10-14/h4-7,9-10,20H,3,8,11H2,1-2H3. The highest BCUT2D eigenvalue weighted by Crippen LogP contribution is 2.26. The largest absolute Gasteiger partial charge is 0.492 e. The molecular weight excluding hydrogens is 305 g/mol. The summed E-state index contributed by atoms with van der Waals surface area (Å²) >= 11 is 12.3. The molecule has 0 aliphatic rings. The van der Waals surface area contributed by atoms with Crippen LogP contribution in [-0.4, -0.2) is 6.61 Å². The first-order chi connectivity index (χ1) is 10.1. The van der Waals surface area contributed by atoms with Crippen LogP contribution < -0.4 is 10.1 Å². The fraction of sp³-hybridized carbons (Fsp3) is 0.294. The molecule has 21 heavy (non-hydrogen) atoms. The molecule has 4 heteroatoms. The van der Waals surface area contributed by atoms with Crippen molar-refractivity contribution in [3.8, 4) is 5.75 Å². The van der Waals surface area contributed by atoms with Crippen LogP contribution >= 0.6 is 23.2 Å². The van der Waals surface area contributed by atoms with Crippen LogP contribution in [0.5, 0.6) is 5.75 Å². The van der Waals surface area contributed by atoms with Gasteiger partial charge in [-0.25, -0.2) is 0 Å². The van der Waals surface area contributed by atoms with Gasteiger partial charge in [-0.15, -0.1) is 0 Å². The second-order valence-corrected chi connectivity index (χ2v) is 5.75. The Labute approximate surface area is 136 Å². The summed E-state index contributed by atoms with van der Waals surface area (Å²) in [6.45, 7) is 5.42. The Bertz CT molecular complexity index is 614. The molecule has 0 aromatic heterocycles. The summed E-state index contributed by atoms with van der Waals surface area (Å²) in [7, 11) is 0. The second-order valence-electron chi connectivity index (χ2n) is 4.93. The number of hydrogen-bond donors (Lipinski definition) is 1. The highest BCUT2D eigenvalue weighted by Gasteiger charge is 2.03. The van der Waals surface area contributed by atoms with Crippen molar-refractivity contribution >= 4 is 28.9 Å². The van der Waals surface area contributed by atoms with E-state index >= 15 is 0 Å². The third-order valence-electron chi connectivity index (χ3n) is 3.13. The molecule has 2 aromatic rings. The first kappa shape index (κ1) is 16.0. The minimum absolute atomic E-state index is 0.643. The van der Waals surface area contributed by atoms with Gasteiger partial charge in [-0.05, 0) is 48.7 Å². The number of nitrogens with one attached hydrogen (secondary N) is 1. The Morgan fingerprint density at radius 1 is 1.05 bits per heavy atom. The molecule has 0 fully saturated rings. The van der Waals surface area contributed by atoms with Crippen LogP contribution in [-0.2, 0) is 6.54 Å². The maximum absolute atomic E-state index is 6.22. The zero-order valence-electron chi connectivity index (χ0n) is 12.2. The van der Waals surface area contributed by atoms with E-state index in [1.54, 1.807) is 0 Å². The molecule has 0 saturated heterocycles. The summed E-state index contributed by atoms with van der Waals surface area (Å²) in [6.07, 6.45) is 0.966. The van der Waals surface area contributed by atoms with Crippen LogP contribution in [0.15, 0.2) is 36.4 Å². The molecule has 1 N–H and O–H groups in total. The number of anilines is 1. The molecule has 0 spiro atoms. The van der Waals surface area contributed by atoms with Crippen molar-refractivity contribution in [1.29, 1.82) is 0 Å². The molecule has 0 heterocycles. The predicted molar refractivity (Wildman–Crippen MR) is 90.8 cm³/mol. The van der Waals surface area contributed by atoms with E-state index in [0.29, 0.717) is 18.2 Å². The third kappa shape index (κ3) is 4.55. The van der Waals surface area contributed by atoms with Crippen molar-refractivity contribution in [2.24, 2.45) is 0 Å². The third-order valence-corrected chi connectivity index (χ3v) is 3.83. The number of halogens is 2. The number of benzene rings is 2. The average molecular weight is 324 g/mol. The highest BCUT2D eigenvalue weighted by molar-refractivity contribution is 6.32. The van der Waals surface area contributed by atoms with Gasteiger partial charge in [0.1, 0.15) is 5.75 Å². The molecule has 2 aromatic carbocycles. The lowest BCUT2D eigenvalue weighted by Crippen LogP contribution is -2.01. The van der Waals surface area contributed by atoms with Gasteiger partial charge < -0.3 is 10.1 Å². The average Bonchev–Trinajstić information content (AvgIpc) is 2.47. The second kappa shape index (κ2) is 7.58. The lowest BCUT2D eigenvalue weighted by Gasteiger charge is -2.11. The number of rotatable bonds is 6. The van der Waals surface area contributed by atoms with Crippen molar-refractivity contribution in [2.75, 3.05) is 11.9 Å². The Balaban J connectivity index is 1.99. The summed E-state index contributed by atoms with van der Waals surface area (Å²) in [5, 5.41) is 4.74. The maximum Gasteiger partial charge on any atom is 0.137 e. The van der Waals surface area contributed by atoms with E-state index in [1.165, 1.54) is 0 Å². The SMILES string of the molecule is CCCOc1ccc(CNc2ccc(C)c(Cl)c2)cc1Cl. The van der Waals surface area contributed by atoms with Gasteiger partial charge in [0.2, 0.25) is 0 Å². The topological polar surface area (TPSA) is 21.3 Å². The number of ether oxygens (including phenoxy) is 1. The molecule has 0 bridgehead atoms. The van der Waals surface area contributed by atoms with Gasteiger partial charge in [0.05, 0.1) is 11.6 Å². The molecule has 0 aliphatic heterocycles. The summed E-state index contributed by atoms with van der Waals surface area (Å²) in [5.74, 6) is 0.737. The van der Waals surface area contributed by atoms with E-state index in [0.717, 1.165) is 34.0 Å². The lowest BCUT2D eigenvalue weighted by molar-refractivity contribution is 0.317. The van der Waals surface area contributed by atoms with Crippen molar-refractivity contribution in [2.45, 2.75) is 26.8 Å². The summed E-state index contributed by atoms with van der Waals surface area (Å²) < 4.78 is 5.56. The molecule has 0 saturated carbocycles. The lowest BCUT2D eigenvalue weighted by atomic mass is 10.2. The zero-order chi connectivity index (χ0) is 15.2. The Kier molecular flexibility index (Phi) is 5.77. The van der Waals surface area contributed by atoms with Gasteiger partial charge in [-0.3, -0.25) is 0 Å². The predicted octanol–water partition coefficient (Wildman–Crippen LogP) is 5.70.